The lowest BCUT2D eigenvalue weighted by atomic mass is 9.96. The topological polar surface area (TPSA) is 89.9 Å². The number of hydrogen-bond acceptors (Lipinski definition) is 3. The van der Waals surface area contributed by atoms with Crippen molar-refractivity contribution in [1.29, 1.82) is 0 Å². The number of carbonyl (C=O) groups is 2. The monoisotopic (exact) mass is 246 g/mol. The zero-order chi connectivity index (χ0) is 13.6. The Morgan fingerprint density at radius 2 is 1.82 bits per heavy atom. The Labute approximate surface area is 102 Å². The van der Waals surface area contributed by atoms with Crippen molar-refractivity contribution in [1.82, 2.24) is 10.2 Å². The molecule has 0 aromatic heterocycles. The summed E-state index contributed by atoms with van der Waals surface area (Å²) in [7, 11) is 1.55. The average molecular weight is 246 g/mol. The molecule has 17 heavy (non-hydrogen) atoms. The molecule has 2 amide bonds. The maximum Gasteiger partial charge on any atom is 0.317 e. The fraction of sp³-hybridized carbons (Fsp3) is 0.818. The van der Waals surface area contributed by atoms with E-state index in [-0.39, 0.29) is 25.0 Å². The van der Waals surface area contributed by atoms with Crippen LogP contribution >= 0.6 is 0 Å². The Morgan fingerprint density at radius 1 is 1.29 bits per heavy atom. The van der Waals surface area contributed by atoms with Crippen LogP contribution in [-0.2, 0) is 4.79 Å². The molecule has 2 unspecified atom stereocenters. The molecule has 0 aliphatic carbocycles. The predicted molar refractivity (Wildman–Crippen MR) is 63.7 cm³/mol. The Bertz CT molecular complexity index is 266. The van der Waals surface area contributed by atoms with Gasteiger partial charge in [-0.25, -0.2) is 4.79 Å². The van der Waals surface area contributed by atoms with Crippen LogP contribution in [0.1, 0.15) is 20.8 Å². The van der Waals surface area contributed by atoms with E-state index in [1.807, 2.05) is 0 Å². The van der Waals surface area contributed by atoms with E-state index in [9.17, 15) is 9.59 Å². The number of carboxylic acid groups (broad SMARTS) is 1. The number of likely N-dealkylation sites (N-methyl/N-ethyl adjacent to an activating group) is 1. The Balaban J connectivity index is 4.17. The lowest BCUT2D eigenvalue weighted by Crippen LogP contribution is -2.44. The molecule has 0 bridgehead atoms. The van der Waals surface area contributed by atoms with Gasteiger partial charge >= 0.3 is 12.0 Å². The second-order valence-corrected chi connectivity index (χ2v) is 4.60. The van der Waals surface area contributed by atoms with E-state index >= 15 is 0 Å². The molecule has 0 heterocycles. The highest BCUT2D eigenvalue weighted by molar-refractivity contribution is 5.75. The lowest BCUT2D eigenvalue weighted by molar-refractivity contribution is -0.142. The van der Waals surface area contributed by atoms with Crippen molar-refractivity contribution in [3.05, 3.63) is 0 Å². The Morgan fingerprint density at radius 3 is 2.18 bits per heavy atom. The average Bonchev–Trinajstić information content (AvgIpc) is 2.15. The van der Waals surface area contributed by atoms with Gasteiger partial charge in [0.15, 0.2) is 0 Å². The van der Waals surface area contributed by atoms with E-state index in [1.54, 1.807) is 27.8 Å². The lowest BCUT2D eigenvalue weighted by Gasteiger charge is -2.22. The van der Waals surface area contributed by atoms with Gasteiger partial charge in [-0.2, -0.15) is 0 Å². The zero-order valence-electron chi connectivity index (χ0n) is 10.8. The molecule has 0 saturated heterocycles. The second-order valence-electron chi connectivity index (χ2n) is 4.60. The quantitative estimate of drug-likeness (QED) is 0.631. The van der Waals surface area contributed by atoms with Crippen molar-refractivity contribution in [2.24, 2.45) is 11.8 Å². The summed E-state index contributed by atoms with van der Waals surface area (Å²) in [6.45, 7) is 5.48. The molecular formula is C11H22N2O4. The second kappa shape index (κ2) is 7.11. The van der Waals surface area contributed by atoms with Crippen LogP contribution in [0, 0.1) is 11.8 Å². The van der Waals surface area contributed by atoms with Crippen LogP contribution in [0.2, 0.25) is 0 Å². The number of rotatable bonds is 6. The number of carboxylic acids is 1. The summed E-state index contributed by atoms with van der Waals surface area (Å²) in [5.74, 6) is -1.56. The highest BCUT2D eigenvalue weighted by Crippen LogP contribution is 2.09. The van der Waals surface area contributed by atoms with Crippen molar-refractivity contribution in [2.75, 3.05) is 20.1 Å². The van der Waals surface area contributed by atoms with Gasteiger partial charge in [-0.3, -0.25) is 4.79 Å². The number of aliphatic carboxylic acids is 1. The summed E-state index contributed by atoms with van der Waals surface area (Å²) in [5, 5.41) is 20.6. The number of aliphatic hydroxyl groups excluding tert-OH is 1. The van der Waals surface area contributed by atoms with Crippen LogP contribution in [0.5, 0.6) is 0 Å². The van der Waals surface area contributed by atoms with Crippen LogP contribution < -0.4 is 5.32 Å². The minimum Gasteiger partial charge on any atom is -0.481 e. The molecule has 0 radical (unpaired) electrons. The van der Waals surface area contributed by atoms with E-state index in [0.29, 0.717) is 0 Å². The molecule has 100 valence electrons. The van der Waals surface area contributed by atoms with Gasteiger partial charge in [0.25, 0.3) is 0 Å². The SMILES string of the molecule is CC(O)CN(C)C(=O)NCC(C(=O)O)C(C)C. The number of nitrogens with zero attached hydrogens (tertiary/aromatic N) is 1. The van der Waals surface area contributed by atoms with Crippen LogP contribution in [0.15, 0.2) is 0 Å². The molecule has 0 aliphatic rings. The Hall–Kier alpha value is -1.30. The Kier molecular flexibility index (Phi) is 6.57. The summed E-state index contributed by atoms with van der Waals surface area (Å²) in [5.41, 5.74) is 0. The predicted octanol–water partition coefficient (Wildman–Crippen LogP) is 0.365. The molecule has 0 aliphatic heterocycles. The van der Waals surface area contributed by atoms with Gasteiger partial charge in [-0.15, -0.1) is 0 Å². The molecule has 0 fully saturated rings. The molecule has 0 spiro atoms. The van der Waals surface area contributed by atoms with Crippen molar-refractivity contribution in [3.63, 3.8) is 0 Å². The summed E-state index contributed by atoms with van der Waals surface area (Å²) in [6, 6.07) is -0.377. The van der Waals surface area contributed by atoms with Crippen LogP contribution in [0.4, 0.5) is 4.79 Å². The molecule has 2 atom stereocenters. The number of aliphatic hydroxyl groups is 1. The minimum absolute atomic E-state index is 0.0464. The maximum absolute atomic E-state index is 11.5. The van der Waals surface area contributed by atoms with Gasteiger partial charge < -0.3 is 20.4 Å². The molecule has 6 heteroatoms. The summed E-state index contributed by atoms with van der Waals surface area (Å²) < 4.78 is 0. The van der Waals surface area contributed by atoms with Gasteiger partial charge in [0, 0.05) is 20.1 Å². The third-order valence-electron chi connectivity index (χ3n) is 2.48. The van der Waals surface area contributed by atoms with Crippen LogP contribution in [-0.4, -0.2) is 53.4 Å². The molecule has 0 rings (SSSR count). The largest absolute Gasteiger partial charge is 0.481 e. The first-order valence-electron chi connectivity index (χ1n) is 5.65. The maximum atomic E-state index is 11.5. The van der Waals surface area contributed by atoms with Gasteiger partial charge in [-0.1, -0.05) is 13.8 Å². The minimum atomic E-state index is -0.918. The van der Waals surface area contributed by atoms with Gasteiger partial charge in [-0.05, 0) is 12.8 Å². The smallest absolute Gasteiger partial charge is 0.317 e. The fourth-order valence-electron chi connectivity index (χ4n) is 1.42. The van der Waals surface area contributed by atoms with Crippen LogP contribution in [0.25, 0.3) is 0 Å². The van der Waals surface area contributed by atoms with E-state index < -0.39 is 18.0 Å². The van der Waals surface area contributed by atoms with E-state index in [4.69, 9.17) is 10.2 Å². The van der Waals surface area contributed by atoms with Crippen LogP contribution in [0.3, 0.4) is 0 Å². The van der Waals surface area contributed by atoms with Gasteiger partial charge in [0.1, 0.15) is 0 Å². The number of hydrogen-bond donors (Lipinski definition) is 3. The number of urea groups is 1. The van der Waals surface area contributed by atoms with E-state index in [2.05, 4.69) is 5.32 Å². The summed E-state index contributed by atoms with van der Waals surface area (Å²) in [6.07, 6.45) is -0.605. The van der Waals surface area contributed by atoms with E-state index in [1.165, 1.54) is 4.90 Å². The van der Waals surface area contributed by atoms with Gasteiger partial charge in [0.2, 0.25) is 0 Å². The highest BCUT2D eigenvalue weighted by Gasteiger charge is 2.22. The third-order valence-corrected chi connectivity index (χ3v) is 2.48. The van der Waals surface area contributed by atoms with Crippen molar-refractivity contribution < 1.29 is 19.8 Å². The molecule has 0 aromatic carbocycles. The highest BCUT2D eigenvalue weighted by atomic mass is 16.4. The molecular weight excluding hydrogens is 224 g/mol. The first kappa shape index (κ1) is 15.7. The normalized spacial score (nSPS) is 14.2. The number of carbonyl (C=O) groups excluding carboxylic acids is 1. The molecule has 0 saturated carbocycles. The van der Waals surface area contributed by atoms with E-state index in [0.717, 1.165) is 0 Å². The molecule has 6 nitrogen and oxygen atoms in total. The first-order valence-corrected chi connectivity index (χ1v) is 5.65. The zero-order valence-corrected chi connectivity index (χ0v) is 10.8. The fourth-order valence-corrected chi connectivity index (χ4v) is 1.42. The number of amides is 2. The van der Waals surface area contributed by atoms with Crippen molar-refractivity contribution >= 4 is 12.0 Å². The first-order chi connectivity index (χ1) is 7.75. The van der Waals surface area contributed by atoms with Crippen molar-refractivity contribution in [3.8, 4) is 0 Å². The molecule has 3 N–H and O–H groups in total. The third kappa shape index (κ3) is 6.11. The molecule has 0 aromatic rings. The number of nitrogens with one attached hydrogen (secondary N) is 1. The summed E-state index contributed by atoms with van der Waals surface area (Å²) in [4.78, 5) is 23.8. The van der Waals surface area contributed by atoms with Gasteiger partial charge in [0.05, 0.1) is 12.0 Å². The van der Waals surface area contributed by atoms with Crippen molar-refractivity contribution in [2.45, 2.75) is 26.9 Å². The summed E-state index contributed by atoms with van der Waals surface area (Å²) >= 11 is 0. The standard InChI is InChI=1S/C11H22N2O4/c1-7(2)9(10(15)16)5-12-11(17)13(4)6-8(3)14/h7-9,14H,5-6H2,1-4H3,(H,12,17)(H,15,16).